The van der Waals surface area contributed by atoms with Gasteiger partial charge in [-0.1, -0.05) is 6.07 Å². The molecule has 0 heterocycles. The lowest BCUT2D eigenvalue weighted by Gasteiger charge is -2.07. The maximum Gasteiger partial charge on any atom is 0.264 e. The molecule has 0 aliphatic carbocycles. The van der Waals surface area contributed by atoms with Crippen LogP contribution in [0.25, 0.3) is 0 Å². The fraction of sp³-hybridized carbons (Fsp3) is 0.222. The van der Waals surface area contributed by atoms with Gasteiger partial charge < -0.3 is 5.11 Å². The number of carbonyl (C=O) groups excluding carboxylic acids is 1. The average Bonchev–Trinajstić information content (AvgIpc) is 2.06. The Hall–Kier alpha value is -1.56. The summed E-state index contributed by atoms with van der Waals surface area (Å²) < 4.78 is 25.0. The van der Waals surface area contributed by atoms with Gasteiger partial charge in [0.1, 0.15) is 5.75 Å². The second-order valence-corrected chi connectivity index (χ2v) is 4.76. The van der Waals surface area contributed by atoms with Gasteiger partial charge in [-0.05, 0) is 18.6 Å². The van der Waals surface area contributed by atoms with Crippen LogP contribution in [-0.2, 0) is 14.8 Å². The molecule has 0 fully saturated rings. The lowest BCUT2D eigenvalue weighted by Crippen LogP contribution is -2.28. The van der Waals surface area contributed by atoms with Crippen molar-refractivity contribution in [3.8, 4) is 5.75 Å². The van der Waals surface area contributed by atoms with Crippen LogP contribution in [0.1, 0.15) is 12.5 Å². The molecule has 0 spiro atoms. The zero-order chi connectivity index (χ0) is 11.6. The fourth-order valence-corrected chi connectivity index (χ4v) is 2.38. The molecule has 1 aromatic rings. The van der Waals surface area contributed by atoms with Gasteiger partial charge in [0.15, 0.2) is 0 Å². The van der Waals surface area contributed by atoms with Crippen LogP contribution < -0.4 is 4.72 Å². The molecule has 0 saturated carbocycles. The SMILES string of the molecule is CC(=O)NS(=O)(=O)c1cc(O)ccc1C. The predicted molar refractivity (Wildman–Crippen MR) is 53.8 cm³/mol. The highest BCUT2D eigenvalue weighted by molar-refractivity contribution is 7.90. The maximum atomic E-state index is 11.6. The van der Waals surface area contributed by atoms with Gasteiger partial charge in [0.2, 0.25) is 5.91 Å². The standard InChI is InChI=1S/C9H11NO4S/c1-6-3-4-8(12)5-9(6)15(13,14)10-7(2)11/h3-5,12H,1-2H3,(H,10,11). The number of sulfonamides is 1. The Morgan fingerprint density at radius 3 is 2.53 bits per heavy atom. The van der Waals surface area contributed by atoms with Crippen molar-refractivity contribution in [3.63, 3.8) is 0 Å². The number of phenols is 1. The third-order valence-electron chi connectivity index (χ3n) is 1.74. The molecule has 0 unspecified atom stereocenters. The van der Waals surface area contributed by atoms with Gasteiger partial charge in [-0.25, -0.2) is 13.1 Å². The highest BCUT2D eigenvalue weighted by atomic mass is 32.2. The molecule has 6 heteroatoms. The molecule has 0 radical (unpaired) electrons. The Labute approximate surface area is 87.8 Å². The maximum absolute atomic E-state index is 11.6. The highest BCUT2D eigenvalue weighted by Crippen LogP contribution is 2.20. The number of rotatable bonds is 2. The van der Waals surface area contributed by atoms with Gasteiger partial charge in [-0.2, -0.15) is 0 Å². The minimum absolute atomic E-state index is 0.0994. The first kappa shape index (κ1) is 11.5. The monoisotopic (exact) mass is 229 g/mol. The van der Waals surface area contributed by atoms with Crippen LogP contribution in [-0.4, -0.2) is 19.4 Å². The summed E-state index contributed by atoms with van der Waals surface area (Å²) in [6.07, 6.45) is 0. The number of aromatic hydroxyl groups is 1. The number of hydrogen-bond donors (Lipinski definition) is 2. The summed E-state index contributed by atoms with van der Waals surface area (Å²) in [4.78, 5) is 10.6. The van der Waals surface area contributed by atoms with E-state index in [-0.39, 0.29) is 10.6 Å². The van der Waals surface area contributed by atoms with Crippen molar-refractivity contribution in [2.45, 2.75) is 18.7 Å². The summed E-state index contributed by atoms with van der Waals surface area (Å²) in [7, 11) is -3.87. The van der Waals surface area contributed by atoms with Gasteiger partial charge in [0.25, 0.3) is 10.0 Å². The molecule has 0 saturated heterocycles. The molecule has 82 valence electrons. The van der Waals surface area contributed by atoms with E-state index in [9.17, 15) is 13.2 Å². The number of aryl methyl sites for hydroxylation is 1. The summed E-state index contributed by atoms with van der Waals surface area (Å²) in [5.41, 5.74) is 0.460. The van der Waals surface area contributed by atoms with Crippen molar-refractivity contribution in [1.82, 2.24) is 4.72 Å². The molecule has 5 nitrogen and oxygen atoms in total. The van der Waals surface area contributed by atoms with E-state index in [2.05, 4.69) is 0 Å². The van der Waals surface area contributed by atoms with Gasteiger partial charge in [-0.15, -0.1) is 0 Å². The molecule has 0 aliphatic heterocycles. The van der Waals surface area contributed by atoms with Gasteiger partial charge in [-0.3, -0.25) is 4.79 Å². The molecule has 0 bridgehead atoms. The van der Waals surface area contributed by atoms with Crippen LogP contribution in [0.2, 0.25) is 0 Å². The normalized spacial score (nSPS) is 11.1. The Morgan fingerprint density at radius 1 is 1.40 bits per heavy atom. The number of carbonyl (C=O) groups is 1. The molecule has 1 rings (SSSR count). The molecule has 1 aromatic carbocycles. The first-order valence-corrected chi connectivity index (χ1v) is 5.64. The second kappa shape index (κ2) is 3.90. The Morgan fingerprint density at radius 2 is 2.00 bits per heavy atom. The number of hydrogen-bond acceptors (Lipinski definition) is 4. The molecule has 0 aliphatic rings. The zero-order valence-electron chi connectivity index (χ0n) is 8.31. The Kier molecular flexibility index (Phi) is 2.99. The van der Waals surface area contributed by atoms with E-state index in [0.29, 0.717) is 5.56 Å². The molecular formula is C9H11NO4S. The molecule has 0 aromatic heterocycles. The van der Waals surface area contributed by atoms with Crippen LogP contribution in [0.4, 0.5) is 0 Å². The van der Waals surface area contributed by atoms with E-state index in [0.717, 1.165) is 13.0 Å². The first-order valence-electron chi connectivity index (χ1n) is 4.16. The van der Waals surface area contributed by atoms with Crippen LogP contribution >= 0.6 is 0 Å². The molecule has 0 atom stereocenters. The van der Waals surface area contributed by atoms with E-state index in [1.165, 1.54) is 12.1 Å². The van der Waals surface area contributed by atoms with Crippen LogP contribution in [0.3, 0.4) is 0 Å². The summed E-state index contributed by atoms with van der Waals surface area (Å²) in [6.45, 7) is 2.68. The zero-order valence-corrected chi connectivity index (χ0v) is 9.13. The van der Waals surface area contributed by atoms with Gasteiger partial charge in [0, 0.05) is 13.0 Å². The van der Waals surface area contributed by atoms with Crippen molar-refractivity contribution in [2.24, 2.45) is 0 Å². The van der Waals surface area contributed by atoms with Crippen LogP contribution in [0.15, 0.2) is 23.1 Å². The van der Waals surface area contributed by atoms with Crippen LogP contribution in [0, 0.1) is 6.92 Å². The Balaban J connectivity index is 3.26. The third-order valence-corrected chi connectivity index (χ3v) is 3.31. The van der Waals surface area contributed by atoms with Crippen molar-refractivity contribution in [1.29, 1.82) is 0 Å². The van der Waals surface area contributed by atoms with E-state index >= 15 is 0 Å². The smallest absolute Gasteiger partial charge is 0.264 e. The lowest BCUT2D eigenvalue weighted by atomic mass is 10.2. The summed E-state index contributed by atoms with van der Waals surface area (Å²) in [5.74, 6) is -0.831. The quantitative estimate of drug-likeness (QED) is 0.774. The molecule has 15 heavy (non-hydrogen) atoms. The fourth-order valence-electron chi connectivity index (χ4n) is 1.12. The molecular weight excluding hydrogens is 218 g/mol. The number of nitrogens with one attached hydrogen (secondary N) is 1. The lowest BCUT2D eigenvalue weighted by molar-refractivity contribution is -0.117. The van der Waals surface area contributed by atoms with E-state index < -0.39 is 15.9 Å². The average molecular weight is 229 g/mol. The molecule has 1 amide bonds. The van der Waals surface area contributed by atoms with Crippen molar-refractivity contribution >= 4 is 15.9 Å². The molecule has 2 N–H and O–H groups in total. The minimum atomic E-state index is -3.87. The van der Waals surface area contributed by atoms with Crippen molar-refractivity contribution in [2.75, 3.05) is 0 Å². The number of benzene rings is 1. The largest absolute Gasteiger partial charge is 0.508 e. The number of phenolic OH excluding ortho intramolecular Hbond substituents is 1. The third kappa shape index (κ3) is 2.69. The summed E-state index contributed by atoms with van der Waals surface area (Å²) >= 11 is 0. The highest BCUT2D eigenvalue weighted by Gasteiger charge is 2.18. The van der Waals surface area contributed by atoms with Crippen molar-refractivity contribution in [3.05, 3.63) is 23.8 Å². The topological polar surface area (TPSA) is 83.5 Å². The van der Waals surface area contributed by atoms with Crippen molar-refractivity contribution < 1.29 is 18.3 Å². The second-order valence-electron chi connectivity index (χ2n) is 3.11. The predicted octanol–water partition coefficient (Wildman–Crippen LogP) is 0.525. The van der Waals surface area contributed by atoms with Gasteiger partial charge in [0.05, 0.1) is 4.90 Å². The van der Waals surface area contributed by atoms with Crippen LogP contribution in [0.5, 0.6) is 5.75 Å². The summed E-state index contributed by atoms with van der Waals surface area (Å²) in [6, 6.07) is 3.94. The first-order chi connectivity index (χ1) is 6.83. The van der Waals surface area contributed by atoms with E-state index in [1.54, 1.807) is 6.92 Å². The van der Waals surface area contributed by atoms with E-state index in [1.807, 2.05) is 4.72 Å². The Bertz CT molecular complexity index is 493. The summed E-state index contributed by atoms with van der Waals surface area (Å²) in [5, 5.41) is 9.16. The van der Waals surface area contributed by atoms with Gasteiger partial charge >= 0.3 is 0 Å². The van der Waals surface area contributed by atoms with E-state index in [4.69, 9.17) is 5.11 Å². The number of amides is 1. The minimum Gasteiger partial charge on any atom is -0.508 e.